The Labute approximate surface area is 167 Å². The summed E-state index contributed by atoms with van der Waals surface area (Å²) in [6.07, 6.45) is 6.55. The van der Waals surface area contributed by atoms with Crippen LogP contribution in [-0.2, 0) is 9.59 Å². The highest BCUT2D eigenvalue weighted by atomic mass is 32.3. The first-order chi connectivity index (χ1) is 13.2. The van der Waals surface area contributed by atoms with Gasteiger partial charge in [0.05, 0.1) is 13.7 Å². The van der Waals surface area contributed by atoms with Crippen molar-refractivity contribution in [3.63, 3.8) is 0 Å². The number of benzene rings is 2. The summed E-state index contributed by atoms with van der Waals surface area (Å²) in [4.78, 5) is 26.1. The van der Waals surface area contributed by atoms with Gasteiger partial charge in [-0.05, 0) is 65.6 Å². The average Bonchev–Trinajstić information content (AvgIpc) is 2.66. The second kappa shape index (κ2) is 9.61. The second-order valence-electron chi connectivity index (χ2n) is 7.10. The highest BCUT2D eigenvalue weighted by molar-refractivity contribution is 8.32. The molecule has 152 valence electrons. The van der Waals surface area contributed by atoms with E-state index in [1.54, 1.807) is 31.4 Å². The lowest BCUT2D eigenvalue weighted by atomic mass is 10.1. The lowest BCUT2D eigenvalue weighted by Gasteiger charge is -2.26. The van der Waals surface area contributed by atoms with Gasteiger partial charge in [0.2, 0.25) is 5.91 Å². The largest absolute Gasteiger partial charge is 0.497 e. The maximum atomic E-state index is 12.9. The van der Waals surface area contributed by atoms with E-state index in [9.17, 15) is 9.59 Å². The average molecular weight is 405 g/mol. The van der Waals surface area contributed by atoms with Crippen LogP contribution in [0.4, 0.5) is 5.69 Å². The fraction of sp³-hybridized carbons (Fsp3) is 0.333. The van der Waals surface area contributed by atoms with E-state index in [0.29, 0.717) is 17.0 Å². The molecule has 0 aliphatic rings. The Bertz CT molecular complexity index is 799. The number of aliphatic hydroxyl groups excluding tert-OH is 1. The van der Waals surface area contributed by atoms with Crippen molar-refractivity contribution in [3.8, 4) is 5.75 Å². The number of rotatable bonds is 8. The van der Waals surface area contributed by atoms with Crippen molar-refractivity contribution in [1.82, 2.24) is 5.32 Å². The van der Waals surface area contributed by atoms with Gasteiger partial charge in [0, 0.05) is 12.1 Å². The Morgan fingerprint density at radius 3 is 2.14 bits per heavy atom. The molecule has 7 heteroatoms. The van der Waals surface area contributed by atoms with Gasteiger partial charge in [0.15, 0.2) is 0 Å². The molecule has 3 N–H and O–H groups in total. The number of amides is 2. The van der Waals surface area contributed by atoms with Gasteiger partial charge in [-0.1, -0.05) is 12.1 Å². The predicted molar refractivity (Wildman–Crippen MR) is 114 cm³/mol. The summed E-state index contributed by atoms with van der Waals surface area (Å²) in [6, 6.07) is 13.8. The van der Waals surface area contributed by atoms with Gasteiger partial charge < -0.3 is 20.5 Å². The number of nitrogens with one attached hydrogen (secondary N) is 2. The van der Waals surface area contributed by atoms with E-state index in [1.807, 2.05) is 24.3 Å². The third-order valence-electron chi connectivity index (χ3n) is 4.18. The topological polar surface area (TPSA) is 87.7 Å². The van der Waals surface area contributed by atoms with E-state index in [2.05, 4.69) is 29.4 Å². The van der Waals surface area contributed by atoms with Crippen LogP contribution in [-0.4, -0.2) is 49.4 Å². The van der Waals surface area contributed by atoms with Crippen LogP contribution in [0.1, 0.15) is 18.0 Å². The Balaban J connectivity index is 2.21. The normalized spacial score (nSPS) is 12.8. The SMILES string of the molecule is COc1ccc(C(NC(=O)CCO)C(=O)Nc2ccc(S(C)(C)C)cc2)cc1. The van der Waals surface area contributed by atoms with Crippen LogP contribution in [0, 0.1) is 0 Å². The number of carbonyl (C=O) groups is 2. The summed E-state index contributed by atoms with van der Waals surface area (Å²) in [5.74, 6) is -0.0951. The van der Waals surface area contributed by atoms with Crippen molar-refractivity contribution in [1.29, 1.82) is 0 Å². The Hall–Kier alpha value is -2.51. The van der Waals surface area contributed by atoms with E-state index in [4.69, 9.17) is 9.84 Å². The molecule has 0 radical (unpaired) electrons. The molecular formula is C21H28N2O4S. The number of hydrogen-bond acceptors (Lipinski definition) is 4. The van der Waals surface area contributed by atoms with E-state index < -0.39 is 22.0 Å². The molecule has 0 aliphatic carbocycles. The molecule has 2 aromatic carbocycles. The minimum atomic E-state index is -0.877. The molecule has 0 heterocycles. The summed E-state index contributed by atoms with van der Waals surface area (Å²) in [5, 5.41) is 14.5. The van der Waals surface area contributed by atoms with Gasteiger partial charge in [-0.25, -0.2) is 10.0 Å². The molecule has 2 rings (SSSR count). The number of carbonyl (C=O) groups excluding carboxylic acids is 2. The van der Waals surface area contributed by atoms with Crippen molar-refractivity contribution < 1.29 is 19.4 Å². The predicted octanol–water partition coefficient (Wildman–Crippen LogP) is 2.93. The zero-order chi connectivity index (χ0) is 20.7. The molecule has 2 aromatic rings. The summed E-state index contributed by atoms with van der Waals surface area (Å²) in [7, 11) is 0.719. The first-order valence-corrected chi connectivity index (χ1v) is 11.7. The zero-order valence-electron chi connectivity index (χ0n) is 16.7. The quantitative estimate of drug-likeness (QED) is 0.631. The van der Waals surface area contributed by atoms with E-state index in [1.165, 1.54) is 4.90 Å². The number of aliphatic hydroxyl groups is 1. The first kappa shape index (κ1) is 21.8. The zero-order valence-corrected chi connectivity index (χ0v) is 17.5. The number of anilines is 1. The highest BCUT2D eigenvalue weighted by Gasteiger charge is 2.23. The van der Waals surface area contributed by atoms with Gasteiger partial charge in [0.1, 0.15) is 11.8 Å². The van der Waals surface area contributed by atoms with Crippen molar-refractivity contribution in [2.24, 2.45) is 0 Å². The van der Waals surface area contributed by atoms with E-state index >= 15 is 0 Å². The van der Waals surface area contributed by atoms with Crippen LogP contribution in [0.5, 0.6) is 5.75 Å². The summed E-state index contributed by atoms with van der Waals surface area (Å²) < 4.78 is 5.14. The standard InChI is InChI=1S/C21H28N2O4S/c1-27-17-9-5-15(6-10-17)20(23-19(25)13-14-24)21(26)22-16-7-11-18(12-8-16)28(2,3)4/h5-12,20,24H,13-14H2,1-4H3,(H,22,26)(H,23,25). The molecule has 0 fully saturated rings. The van der Waals surface area contributed by atoms with Crippen molar-refractivity contribution >= 4 is 27.5 Å². The van der Waals surface area contributed by atoms with Crippen molar-refractivity contribution in [2.75, 3.05) is 37.8 Å². The maximum absolute atomic E-state index is 12.9. The summed E-state index contributed by atoms with van der Waals surface area (Å²) in [6.45, 7) is -0.278. The fourth-order valence-corrected chi connectivity index (χ4v) is 3.54. The van der Waals surface area contributed by atoms with Gasteiger partial charge in [-0.2, -0.15) is 0 Å². The second-order valence-corrected chi connectivity index (χ2v) is 11.2. The molecule has 1 atom stereocenters. The molecule has 0 aromatic heterocycles. The Kier molecular flexibility index (Phi) is 7.48. The molecule has 2 amide bonds. The molecule has 0 aliphatic heterocycles. The van der Waals surface area contributed by atoms with E-state index in [-0.39, 0.29) is 18.9 Å². The maximum Gasteiger partial charge on any atom is 0.251 e. The molecule has 1 unspecified atom stereocenters. The Morgan fingerprint density at radius 2 is 1.64 bits per heavy atom. The number of hydrogen-bond donors (Lipinski definition) is 3. The van der Waals surface area contributed by atoms with Crippen LogP contribution in [0.15, 0.2) is 53.4 Å². The van der Waals surface area contributed by atoms with Gasteiger partial charge in [-0.15, -0.1) is 0 Å². The summed E-state index contributed by atoms with van der Waals surface area (Å²) in [5.41, 5.74) is 1.28. The van der Waals surface area contributed by atoms with Crippen LogP contribution in [0.25, 0.3) is 0 Å². The first-order valence-electron chi connectivity index (χ1n) is 8.88. The third-order valence-corrected chi connectivity index (χ3v) is 5.87. The van der Waals surface area contributed by atoms with Crippen molar-refractivity contribution in [2.45, 2.75) is 17.4 Å². The Morgan fingerprint density at radius 1 is 1.04 bits per heavy atom. The summed E-state index contributed by atoms with van der Waals surface area (Å²) >= 11 is 0. The number of methoxy groups -OCH3 is 1. The van der Waals surface area contributed by atoms with Gasteiger partial charge in [0.25, 0.3) is 5.91 Å². The molecule has 0 saturated heterocycles. The molecular weight excluding hydrogens is 376 g/mol. The molecule has 0 saturated carbocycles. The highest BCUT2D eigenvalue weighted by Crippen LogP contribution is 2.45. The smallest absolute Gasteiger partial charge is 0.251 e. The monoisotopic (exact) mass is 404 g/mol. The van der Waals surface area contributed by atoms with Crippen molar-refractivity contribution in [3.05, 3.63) is 54.1 Å². The lowest BCUT2D eigenvalue weighted by molar-refractivity contribution is -0.127. The fourth-order valence-electron chi connectivity index (χ4n) is 2.59. The number of ether oxygens (including phenoxy) is 1. The molecule has 28 heavy (non-hydrogen) atoms. The minimum Gasteiger partial charge on any atom is -0.497 e. The third kappa shape index (κ3) is 6.00. The molecule has 0 spiro atoms. The molecule has 6 nitrogen and oxygen atoms in total. The van der Waals surface area contributed by atoms with Crippen LogP contribution in [0.2, 0.25) is 0 Å². The van der Waals surface area contributed by atoms with Crippen LogP contribution >= 0.6 is 10.0 Å². The van der Waals surface area contributed by atoms with Crippen LogP contribution in [0.3, 0.4) is 0 Å². The van der Waals surface area contributed by atoms with Gasteiger partial charge >= 0.3 is 0 Å². The molecule has 0 bridgehead atoms. The van der Waals surface area contributed by atoms with E-state index in [0.717, 1.165) is 0 Å². The lowest BCUT2D eigenvalue weighted by Crippen LogP contribution is -2.37. The van der Waals surface area contributed by atoms with Gasteiger partial charge in [-0.3, -0.25) is 9.59 Å². The van der Waals surface area contributed by atoms with Crippen LogP contribution < -0.4 is 15.4 Å². The minimum absolute atomic E-state index is 0.0665.